The summed E-state index contributed by atoms with van der Waals surface area (Å²) in [5.74, 6) is 0.154. The van der Waals surface area contributed by atoms with Gasteiger partial charge in [0.1, 0.15) is 6.54 Å². The van der Waals surface area contributed by atoms with Crippen molar-refractivity contribution in [2.24, 2.45) is 0 Å². The molecule has 0 unspecified atom stereocenters. The number of hydrogen-bond donors (Lipinski definition) is 1. The van der Waals surface area contributed by atoms with Crippen LogP contribution in [0.25, 0.3) is 22.6 Å². The molecular formula is C24H19ClN4O3. The third-order valence-corrected chi connectivity index (χ3v) is 5.26. The Balaban J connectivity index is 1.74. The number of aromatic carboxylic acids is 1. The molecule has 7 nitrogen and oxygen atoms in total. The minimum Gasteiger partial charge on any atom is -0.478 e. The van der Waals surface area contributed by atoms with Crippen molar-refractivity contribution in [2.45, 2.75) is 26.3 Å². The number of hydrogen-bond acceptors (Lipinski definition) is 5. The van der Waals surface area contributed by atoms with Crippen LogP contribution in [-0.2, 0) is 13.0 Å². The van der Waals surface area contributed by atoms with Gasteiger partial charge in [-0.2, -0.15) is 10.2 Å². The molecule has 0 saturated heterocycles. The molecule has 0 aliphatic carbocycles. The number of halogens is 1. The number of aromatic nitrogens is 3. The maximum Gasteiger partial charge on any atom is 0.335 e. The summed E-state index contributed by atoms with van der Waals surface area (Å²) >= 11 is 6.24. The quantitative estimate of drug-likeness (QED) is 0.379. The Morgan fingerprint density at radius 1 is 1.25 bits per heavy atom. The third-order valence-electron chi connectivity index (χ3n) is 5.03. The summed E-state index contributed by atoms with van der Waals surface area (Å²) in [4.78, 5) is 15.5. The van der Waals surface area contributed by atoms with E-state index in [0.29, 0.717) is 34.4 Å². The van der Waals surface area contributed by atoms with Gasteiger partial charge in [-0.1, -0.05) is 41.9 Å². The number of fused-ring (bicyclic) bond motifs is 1. The van der Waals surface area contributed by atoms with Crippen molar-refractivity contribution in [2.75, 3.05) is 0 Å². The molecule has 0 aliphatic rings. The van der Waals surface area contributed by atoms with Crippen LogP contribution in [-0.4, -0.2) is 25.8 Å². The average Bonchev–Trinajstić information content (AvgIpc) is 3.36. The third kappa shape index (κ3) is 4.41. The van der Waals surface area contributed by atoms with E-state index in [9.17, 15) is 10.1 Å². The second kappa shape index (κ2) is 9.08. The molecular weight excluding hydrogens is 428 g/mol. The van der Waals surface area contributed by atoms with Gasteiger partial charge in [0.2, 0.25) is 5.89 Å². The monoisotopic (exact) mass is 446 g/mol. The Hall–Kier alpha value is -3.89. The van der Waals surface area contributed by atoms with E-state index in [1.807, 2.05) is 22.9 Å². The Kier molecular flexibility index (Phi) is 6.06. The fraction of sp³-hybridized carbons (Fsp3) is 0.167. The first-order valence-electron chi connectivity index (χ1n) is 10.0. The van der Waals surface area contributed by atoms with E-state index >= 15 is 0 Å². The fourth-order valence-electron chi connectivity index (χ4n) is 3.49. The average molecular weight is 447 g/mol. The first kappa shape index (κ1) is 21.3. The number of allylic oxidation sites excluding steroid dienone is 1. The van der Waals surface area contributed by atoms with E-state index in [1.165, 1.54) is 12.1 Å². The zero-order valence-electron chi connectivity index (χ0n) is 17.2. The van der Waals surface area contributed by atoms with Crippen LogP contribution in [0.2, 0.25) is 5.02 Å². The molecule has 0 fully saturated rings. The number of nitriles is 1. The van der Waals surface area contributed by atoms with Crippen molar-refractivity contribution in [3.05, 3.63) is 82.1 Å². The van der Waals surface area contributed by atoms with Gasteiger partial charge in [-0.25, -0.2) is 4.79 Å². The topological polar surface area (TPSA) is 105 Å². The van der Waals surface area contributed by atoms with Crippen LogP contribution < -0.4 is 0 Å². The van der Waals surface area contributed by atoms with Crippen molar-refractivity contribution < 1.29 is 14.4 Å². The van der Waals surface area contributed by atoms with Crippen molar-refractivity contribution >= 4 is 40.1 Å². The van der Waals surface area contributed by atoms with Crippen LogP contribution in [0, 0.1) is 11.3 Å². The van der Waals surface area contributed by atoms with E-state index in [-0.39, 0.29) is 5.56 Å². The minimum absolute atomic E-state index is 0.166. The second-order valence-corrected chi connectivity index (χ2v) is 7.72. The van der Waals surface area contributed by atoms with Crippen molar-refractivity contribution in [3.8, 4) is 6.07 Å². The van der Waals surface area contributed by atoms with Crippen LogP contribution in [0.5, 0.6) is 0 Å². The van der Waals surface area contributed by atoms with Gasteiger partial charge >= 0.3 is 5.97 Å². The smallest absolute Gasteiger partial charge is 0.335 e. The number of carbonyl (C=O) groups is 1. The molecule has 4 rings (SSSR count). The minimum atomic E-state index is -1.01. The van der Waals surface area contributed by atoms with Gasteiger partial charge < -0.3 is 14.2 Å². The predicted molar refractivity (Wildman–Crippen MR) is 121 cm³/mol. The number of rotatable bonds is 7. The van der Waals surface area contributed by atoms with E-state index < -0.39 is 5.97 Å². The zero-order chi connectivity index (χ0) is 22.7. The Morgan fingerprint density at radius 2 is 2.00 bits per heavy atom. The maximum absolute atomic E-state index is 11.1. The lowest BCUT2D eigenvalue weighted by atomic mass is 10.0. The SMILES string of the molecule is CCCc1noc(Cn2cc(C=C(C#N)c3ccc(C(=O)O)cc3)c3ccc(Cl)cc32)n1. The Bertz CT molecular complexity index is 1360. The van der Waals surface area contributed by atoms with Crippen LogP contribution in [0.15, 0.2) is 53.2 Å². The summed E-state index contributed by atoms with van der Waals surface area (Å²) < 4.78 is 7.34. The standard InChI is InChI=1S/C24H19ClN4O3/c1-2-3-22-27-23(32-28-22)14-29-13-18(20-9-8-19(25)11-21(20)29)10-17(12-26)15-4-6-16(7-5-15)24(30)31/h4-11,13H,2-3,14H2,1H3,(H,30,31). The molecule has 0 saturated carbocycles. The van der Waals surface area contributed by atoms with Crippen LogP contribution in [0.3, 0.4) is 0 Å². The molecule has 1 N–H and O–H groups in total. The lowest BCUT2D eigenvalue weighted by Gasteiger charge is -2.01. The Labute approximate surface area is 189 Å². The molecule has 0 amide bonds. The molecule has 0 radical (unpaired) electrons. The molecule has 0 aliphatic heterocycles. The van der Waals surface area contributed by atoms with E-state index in [4.69, 9.17) is 21.2 Å². The fourth-order valence-corrected chi connectivity index (χ4v) is 3.66. The number of benzene rings is 2. The molecule has 0 spiro atoms. The van der Waals surface area contributed by atoms with Crippen molar-refractivity contribution in [1.29, 1.82) is 5.26 Å². The molecule has 8 heteroatoms. The highest BCUT2D eigenvalue weighted by Crippen LogP contribution is 2.29. The molecule has 4 aromatic rings. The molecule has 32 heavy (non-hydrogen) atoms. The lowest BCUT2D eigenvalue weighted by molar-refractivity contribution is 0.0697. The largest absolute Gasteiger partial charge is 0.478 e. The molecule has 2 heterocycles. The molecule has 0 atom stereocenters. The highest BCUT2D eigenvalue weighted by atomic mass is 35.5. The summed E-state index contributed by atoms with van der Waals surface area (Å²) in [5, 5.41) is 24.3. The maximum atomic E-state index is 11.1. The van der Waals surface area contributed by atoms with E-state index in [0.717, 1.165) is 29.3 Å². The summed E-state index contributed by atoms with van der Waals surface area (Å²) in [5.41, 5.74) is 2.91. The van der Waals surface area contributed by atoms with Gasteiger partial charge in [0.05, 0.1) is 22.7 Å². The zero-order valence-corrected chi connectivity index (χ0v) is 18.0. The van der Waals surface area contributed by atoms with Gasteiger partial charge in [-0.05, 0) is 42.3 Å². The highest BCUT2D eigenvalue weighted by molar-refractivity contribution is 6.31. The summed E-state index contributed by atoms with van der Waals surface area (Å²) in [7, 11) is 0. The number of nitrogens with zero attached hydrogens (tertiary/aromatic N) is 4. The van der Waals surface area contributed by atoms with E-state index in [2.05, 4.69) is 23.1 Å². The van der Waals surface area contributed by atoms with Gasteiger partial charge in [0, 0.05) is 28.6 Å². The summed E-state index contributed by atoms with van der Waals surface area (Å²) in [6.07, 6.45) is 5.37. The lowest BCUT2D eigenvalue weighted by Crippen LogP contribution is -1.98. The number of aryl methyl sites for hydroxylation is 1. The van der Waals surface area contributed by atoms with Crippen LogP contribution in [0.4, 0.5) is 0 Å². The van der Waals surface area contributed by atoms with Gasteiger partial charge in [0.15, 0.2) is 5.82 Å². The van der Waals surface area contributed by atoms with Gasteiger partial charge in [-0.3, -0.25) is 0 Å². The predicted octanol–water partition coefficient (Wildman–Crippen LogP) is 5.44. The molecule has 2 aromatic carbocycles. The van der Waals surface area contributed by atoms with Crippen LogP contribution in [0.1, 0.15) is 46.5 Å². The number of carboxylic acids is 1. The van der Waals surface area contributed by atoms with Crippen LogP contribution >= 0.6 is 11.6 Å². The first-order valence-corrected chi connectivity index (χ1v) is 10.4. The molecule has 0 bridgehead atoms. The number of carboxylic acid groups (broad SMARTS) is 1. The van der Waals surface area contributed by atoms with Crippen molar-refractivity contribution in [1.82, 2.24) is 14.7 Å². The van der Waals surface area contributed by atoms with E-state index in [1.54, 1.807) is 24.3 Å². The second-order valence-electron chi connectivity index (χ2n) is 7.28. The Morgan fingerprint density at radius 3 is 2.69 bits per heavy atom. The first-order chi connectivity index (χ1) is 15.5. The highest BCUT2D eigenvalue weighted by Gasteiger charge is 2.13. The summed E-state index contributed by atoms with van der Waals surface area (Å²) in [6.45, 7) is 2.43. The molecule has 160 valence electrons. The van der Waals surface area contributed by atoms with Gasteiger partial charge in [0.25, 0.3) is 0 Å². The van der Waals surface area contributed by atoms with Gasteiger partial charge in [-0.15, -0.1) is 0 Å². The molecule has 2 aromatic heterocycles. The summed E-state index contributed by atoms with van der Waals surface area (Å²) in [6, 6.07) is 14.0. The van der Waals surface area contributed by atoms with Crippen molar-refractivity contribution in [3.63, 3.8) is 0 Å². The normalized spacial score (nSPS) is 11.6.